The van der Waals surface area contributed by atoms with E-state index in [1.165, 1.54) is 6.07 Å². The van der Waals surface area contributed by atoms with Crippen molar-refractivity contribution in [1.82, 2.24) is 5.32 Å². The molecule has 0 aliphatic heterocycles. The SMILES string of the molecule is [2H]c1c(C2=CC(CC=C)=CC(NC(=O)C(N)CCSC)C2([2H])O)cc(CC=C)c(O)c1[2H]. The van der Waals surface area contributed by atoms with Crippen LogP contribution in [0.5, 0.6) is 5.75 Å². The van der Waals surface area contributed by atoms with Gasteiger partial charge in [-0.25, -0.2) is 0 Å². The van der Waals surface area contributed by atoms with E-state index >= 15 is 0 Å². The molecule has 29 heavy (non-hydrogen) atoms. The molecule has 0 aromatic heterocycles. The lowest BCUT2D eigenvalue weighted by atomic mass is 9.86. The van der Waals surface area contributed by atoms with Crippen molar-refractivity contribution in [1.29, 1.82) is 0 Å². The fraction of sp³-hybridized carbons (Fsp3) is 0.348. The molecule has 1 amide bonds. The molecule has 0 fully saturated rings. The van der Waals surface area contributed by atoms with Crippen LogP contribution >= 0.6 is 11.8 Å². The first kappa shape index (κ1) is 18.7. The smallest absolute Gasteiger partial charge is 0.237 e. The van der Waals surface area contributed by atoms with Gasteiger partial charge in [-0.05, 0) is 65.7 Å². The molecule has 1 aromatic carbocycles. The number of aliphatic hydroxyl groups is 1. The van der Waals surface area contributed by atoms with E-state index in [9.17, 15) is 15.0 Å². The van der Waals surface area contributed by atoms with Crippen molar-refractivity contribution in [2.75, 3.05) is 12.0 Å². The zero-order valence-corrected chi connectivity index (χ0v) is 17.4. The fourth-order valence-electron chi connectivity index (χ4n) is 2.97. The van der Waals surface area contributed by atoms with E-state index < -0.39 is 30.1 Å². The standard InChI is InChI=1S/C23H30N2O3S/c1-4-6-15-12-18(16-8-9-21(26)17(14-16)7-5-2)22(27)20(13-15)25-23(28)19(24)10-11-29-3/h4-5,8-9,12-14,19-20,22,26-27H,1-2,6-7,10-11,24H2,3H3,(H,25,28)/i8D,9D,22D. The van der Waals surface area contributed by atoms with Crippen LogP contribution in [0.3, 0.4) is 0 Å². The molecule has 0 spiro atoms. The summed E-state index contributed by atoms with van der Waals surface area (Å²) in [6, 6.07) is -1.17. The van der Waals surface area contributed by atoms with Crippen molar-refractivity contribution in [2.45, 2.75) is 37.4 Å². The average molecular weight is 418 g/mol. The number of aromatic hydroxyl groups is 1. The van der Waals surface area contributed by atoms with Gasteiger partial charge in [0.2, 0.25) is 5.91 Å². The summed E-state index contributed by atoms with van der Waals surface area (Å²) in [6.07, 6.45) is 7.01. The Kier molecular flexibility index (Phi) is 7.13. The Morgan fingerprint density at radius 1 is 1.45 bits per heavy atom. The van der Waals surface area contributed by atoms with Gasteiger partial charge < -0.3 is 21.3 Å². The Balaban J connectivity index is 2.54. The Hall–Kier alpha value is -2.28. The van der Waals surface area contributed by atoms with Crippen LogP contribution in [0, 0.1) is 0 Å². The number of hydrogen-bond donors (Lipinski definition) is 4. The zero-order valence-electron chi connectivity index (χ0n) is 19.6. The van der Waals surface area contributed by atoms with Gasteiger partial charge >= 0.3 is 0 Å². The molecular formula is C23H30N2O3S. The topological polar surface area (TPSA) is 95.6 Å². The van der Waals surface area contributed by atoms with Crippen molar-refractivity contribution in [3.8, 4) is 5.75 Å². The highest BCUT2D eigenvalue weighted by molar-refractivity contribution is 7.98. The first-order chi connectivity index (χ1) is 15.1. The molecule has 1 aromatic rings. The maximum Gasteiger partial charge on any atom is 0.237 e. The normalized spacial score (nSPS) is 23.7. The second kappa shape index (κ2) is 11.0. The van der Waals surface area contributed by atoms with Crippen LogP contribution in [0.1, 0.15) is 28.1 Å². The summed E-state index contributed by atoms with van der Waals surface area (Å²) in [5, 5.41) is 24.1. The predicted molar refractivity (Wildman–Crippen MR) is 122 cm³/mol. The third-order valence-electron chi connectivity index (χ3n) is 4.52. The molecule has 3 unspecified atom stereocenters. The number of phenols is 1. The molecule has 0 radical (unpaired) electrons. The number of thioether (sulfide) groups is 1. The minimum atomic E-state index is -2.33. The van der Waals surface area contributed by atoms with E-state index in [0.29, 0.717) is 29.7 Å². The number of carbonyl (C=O) groups excluding carboxylic acids is 1. The Morgan fingerprint density at radius 2 is 2.17 bits per heavy atom. The number of phenolic OH excluding ortho intramolecular Hbond substituents is 1. The van der Waals surface area contributed by atoms with Crippen LogP contribution < -0.4 is 11.1 Å². The van der Waals surface area contributed by atoms with Crippen LogP contribution in [-0.2, 0) is 11.2 Å². The highest BCUT2D eigenvalue weighted by Crippen LogP contribution is 2.31. The summed E-state index contributed by atoms with van der Waals surface area (Å²) in [6.45, 7) is 7.36. The van der Waals surface area contributed by atoms with E-state index in [1.54, 1.807) is 36.1 Å². The molecule has 5 N–H and O–H groups in total. The van der Waals surface area contributed by atoms with E-state index in [-0.39, 0.29) is 29.3 Å². The second-order valence-electron chi connectivity index (χ2n) is 6.73. The van der Waals surface area contributed by atoms with E-state index in [1.807, 2.05) is 6.26 Å². The predicted octanol–water partition coefficient (Wildman–Crippen LogP) is 2.95. The van der Waals surface area contributed by atoms with Gasteiger partial charge in [-0.2, -0.15) is 11.8 Å². The van der Waals surface area contributed by atoms with Crippen LogP contribution in [0.2, 0.25) is 0 Å². The number of allylic oxidation sites excluding steroid dienone is 4. The molecule has 0 saturated carbocycles. The number of carbonyl (C=O) groups is 1. The number of hydrogen-bond acceptors (Lipinski definition) is 5. The quantitative estimate of drug-likeness (QED) is 0.439. The lowest BCUT2D eigenvalue weighted by Gasteiger charge is -2.29. The third-order valence-corrected chi connectivity index (χ3v) is 5.17. The van der Waals surface area contributed by atoms with Crippen molar-refractivity contribution < 1.29 is 19.1 Å². The lowest BCUT2D eigenvalue weighted by Crippen LogP contribution is -2.50. The summed E-state index contributed by atoms with van der Waals surface area (Å²) in [7, 11) is 0. The van der Waals surface area contributed by atoms with E-state index in [0.717, 1.165) is 0 Å². The Morgan fingerprint density at radius 3 is 2.83 bits per heavy atom. The summed E-state index contributed by atoms with van der Waals surface area (Å²) in [5.41, 5.74) is 7.16. The van der Waals surface area contributed by atoms with Gasteiger partial charge in [0.25, 0.3) is 0 Å². The fourth-order valence-corrected chi connectivity index (χ4v) is 3.45. The molecule has 1 aliphatic carbocycles. The van der Waals surface area contributed by atoms with Crippen LogP contribution in [0.25, 0.3) is 5.57 Å². The van der Waals surface area contributed by atoms with E-state index in [4.69, 9.17) is 9.85 Å². The van der Waals surface area contributed by atoms with E-state index in [2.05, 4.69) is 18.5 Å². The van der Waals surface area contributed by atoms with Gasteiger partial charge in [-0.1, -0.05) is 30.3 Å². The number of nitrogens with two attached hydrogens (primary N) is 1. The summed E-state index contributed by atoms with van der Waals surface area (Å²) in [4.78, 5) is 12.6. The van der Waals surface area contributed by atoms with Crippen molar-refractivity contribution in [3.05, 3.63) is 72.3 Å². The average Bonchev–Trinajstić information content (AvgIpc) is 2.75. The van der Waals surface area contributed by atoms with Gasteiger partial charge in [0.15, 0.2) is 0 Å². The minimum absolute atomic E-state index is 0.0450. The van der Waals surface area contributed by atoms with Crippen LogP contribution in [0.15, 0.2) is 61.2 Å². The molecule has 5 nitrogen and oxygen atoms in total. The highest BCUT2D eigenvalue weighted by atomic mass is 32.2. The number of amides is 1. The number of benzene rings is 1. The largest absolute Gasteiger partial charge is 0.508 e. The van der Waals surface area contributed by atoms with Gasteiger partial charge in [-0.3, -0.25) is 4.79 Å². The molecular weight excluding hydrogens is 384 g/mol. The molecule has 1 aliphatic rings. The van der Waals surface area contributed by atoms with Gasteiger partial charge in [-0.15, -0.1) is 13.2 Å². The summed E-state index contributed by atoms with van der Waals surface area (Å²) < 4.78 is 25.1. The molecule has 156 valence electrons. The molecule has 3 atom stereocenters. The first-order valence-corrected chi connectivity index (χ1v) is 10.7. The molecule has 6 heteroatoms. The molecule has 0 bridgehead atoms. The monoisotopic (exact) mass is 417 g/mol. The van der Waals surface area contributed by atoms with Crippen molar-refractivity contribution in [2.24, 2.45) is 5.73 Å². The number of rotatable bonds is 10. The van der Waals surface area contributed by atoms with Gasteiger partial charge in [0, 0.05) is 0 Å². The zero-order chi connectivity index (χ0) is 24.1. The van der Waals surface area contributed by atoms with Crippen molar-refractivity contribution in [3.63, 3.8) is 0 Å². The summed E-state index contributed by atoms with van der Waals surface area (Å²) >= 11 is 1.56. The molecule has 0 heterocycles. The molecule has 2 rings (SSSR count). The third kappa shape index (κ3) is 6.10. The lowest BCUT2D eigenvalue weighted by molar-refractivity contribution is -0.123. The molecule has 0 saturated heterocycles. The Labute approximate surface area is 181 Å². The Bertz CT molecular complexity index is 960. The van der Waals surface area contributed by atoms with Crippen LogP contribution in [-0.4, -0.2) is 46.3 Å². The van der Waals surface area contributed by atoms with Crippen LogP contribution in [0.4, 0.5) is 0 Å². The first-order valence-electron chi connectivity index (χ1n) is 10.8. The summed E-state index contributed by atoms with van der Waals surface area (Å²) in [5.74, 6) is -0.133. The second-order valence-corrected chi connectivity index (χ2v) is 7.71. The minimum Gasteiger partial charge on any atom is -0.508 e. The van der Waals surface area contributed by atoms with Gasteiger partial charge in [0.1, 0.15) is 11.8 Å². The highest BCUT2D eigenvalue weighted by Gasteiger charge is 2.29. The maximum absolute atomic E-state index is 12.6. The number of nitrogens with one attached hydrogen (secondary N) is 1. The van der Waals surface area contributed by atoms with Gasteiger partial charge in [0.05, 0.1) is 16.2 Å². The van der Waals surface area contributed by atoms with Crippen molar-refractivity contribution >= 4 is 23.2 Å². The maximum atomic E-state index is 12.6.